The highest BCUT2D eigenvalue weighted by Crippen LogP contribution is 2.32. The Balaban J connectivity index is 1.53. The van der Waals surface area contributed by atoms with Crippen molar-refractivity contribution in [1.29, 1.82) is 0 Å². The van der Waals surface area contributed by atoms with Crippen molar-refractivity contribution < 1.29 is 13.7 Å². The summed E-state index contributed by atoms with van der Waals surface area (Å²) in [6.07, 6.45) is 3.01. The number of hydrogen-bond acceptors (Lipinski definition) is 9. The van der Waals surface area contributed by atoms with E-state index < -0.39 is 17.8 Å². The van der Waals surface area contributed by atoms with Crippen LogP contribution in [0.1, 0.15) is 55.8 Å². The van der Waals surface area contributed by atoms with Crippen molar-refractivity contribution in [2.24, 2.45) is 7.05 Å². The molecule has 13 heteroatoms. The van der Waals surface area contributed by atoms with Crippen LogP contribution in [0.15, 0.2) is 35.2 Å². The fraction of sp³-hybridized carbons (Fsp3) is 0.318. The minimum absolute atomic E-state index is 0.0791. The van der Waals surface area contributed by atoms with Crippen molar-refractivity contribution in [2.75, 3.05) is 5.32 Å². The molecule has 1 aromatic carbocycles. The lowest BCUT2D eigenvalue weighted by atomic mass is 9.96. The van der Waals surface area contributed by atoms with Gasteiger partial charge in [-0.1, -0.05) is 43.6 Å². The lowest BCUT2D eigenvalue weighted by molar-refractivity contribution is 0.0895. The molecule has 0 aliphatic rings. The van der Waals surface area contributed by atoms with E-state index in [9.17, 15) is 4.79 Å². The van der Waals surface area contributed by atoms with Crippen molar-refractivity contribution in [1.82, 2.24) is 40.2 Å². The second-order valence-corrected chi connectivity index (χ2v) is 9.21. The zero-order chi connectivity index (χ0) is 25.3. The monoisotopic (exact) mass is 499 g/mol. The van der Waals surface area contributed by atoms with E-state index in [-0.39, 0.29) is 33.7 Å². The third kappa shape index (κ3) is 5.27. The molecule has 1 atom stereocenters. The van der Waals surface area contributed by atoms with Crippen molar-refractivity contribution in [2.45, 2.75) is 39.2 Å². The van der Waals surface area contributed by atoms with Gasteiger partial charge in [0.2, 0.25) is 5.95 Å². The summed E-state index contributed by atoms with van der Waals surface area (Å²) in [5.74, 6) is -0.299. The molecule has 2 N–H and O–H groups in total. The molecule has 1 amide bonds. The Bertz CT molecular complexity index is 1380. The third-order valence-corrected chi connectivity index (χ3v) is 5.37. The van der Waals surface area contributed by atoms with Gasteiger partial charge in [0.25, 0.3) is 0 Å². The molecule has 0 unspecified atom stereocenters. The molecule has 35 heavy (non-hydrogen) atoms. The highest BCUT2D eigenvalue weighted by Gasteiger charge is 2.26. The van der Waals surface area contributed by atoms with Gasteiger partial charge in [0.05, 0.1) is 16.6 Å². The van der Waals surface area contributed by atoms with E-state index in [4.69, 9.17) is 16.1 Å². The quantitative estimate of drug-likeness (QED) is 0.403. The van der Waals surface area contributed by atoms with Crippen molar-refractivity contribution in [3.05, 3.63) is 58.8 Å². The average molecular weight is 500 g/mol. The van der Waals surface area contributed by atoms with Crippen LogP contribution in [0, 0.1) is 5.82 Å². The molecule has 0 saturated heterocycles. The van der Waals surface area contributed by atoms with Crippen LogP contribution in [0.4, 0.5) is 16.2 Å². The second kappa shape index (κ2) is 9.37. The number of halogens is 2. The zero-order valence-electron chi connectivity index (χ0n) is 19.7. The van der Waals surface area contributed by atoms with E-state index in [0.717, 1.165) is 0 Å². The van der Waals surface area contributed by atoms with Crippen LogP contribution >= 0.6 is 11.6 Å². The Morgan fingerprint density at radius 3 is 2.63 bits per heavy atom. The Kier molecular flexibility index (Phi) is 6.48. The lowest BCUT2D eigenvalue weighted by Crippen LogP contribution is -2.27. The fourth-order valence-corrected chi connectivity index (χ4v) is 3.44. The molecule has 4 rings (SSSR count). The summed E-state index contributed by atoms with van der Waals surface area (Å²) in [5, 5.41) is 13.5. The predicted octanol–water partition coefficient (Wildman–Crippen LogP) is 3.98. The van der Waals surface area contributed by atoms with E-state index in [1.165, 1.54) is 12.4 Å². The van der Waals surface area contributed by atoms with Crippen molar-refractivity contribution >= 4 is 29.3 Å². The Hall–Kier alpha value is -3.93. The number of aromatic nitrogens is 7. The normalized spacial score (nSPS) is 12.4. The summed E-state index contributed by atoms with van der Waals surface area (Å²) < 4.78 is 21.9. The first-order chi connectivity index (χ1) is 16.5. The van der Waals surface area contributed by atoms with Gasteiger partial charge in [0.1, 0.15) is 6.33 Å². The summed E-state index contributed by atoms with van der Waals surface area (Å²) in [6, 6.07) is 4.17. The van der Waals surface area contributed by atoms with E-state index in [1.807, 2.05) is 20.8 Å². The van der Waals surface area contributed by atoms with Gasteiger partial charge >= 0.3 is 11.8 Å². The molecular weight excluding hydrogens is 477 g/mol. The Morgan fingerprint density at radius 2 is 1.97 bits per heavy atom. The number of aryl methyl sites for hydroxylation is 1. The van der Waals surface area contributed by atoms with Crippen LogP contribution in [-0.4, -0.2) is 40.8 Å². The number of anilines is 2. The highest BCUT2D eigenvalue weighted by molar-refractivity contribution is 6.31. The molecule has 3 heterocycles. The zero-order valence-corrected chi connectivity index (χ0v) is 20.4. The molecule has 0 aliphatic heterocycles. The summed E-state index contributed by atoms with van der Waals surface area (Å²) in [6.45, 7) is 7.36. The van der Waals surface area contributed by atoms with Crippen molar-refractivity contribution in [3.8, 4) is 11.4 Å². The number of carbonyl (C=O) groups is 1. The Labute approximate surface area is 205 Å². The maximum atomic E-state index is 15.2. The molecule has 0 radical (unpaired) electrons. The van der Waals surface area contributed by atoms with E-state index in [0.29, 0.717) is 17.2 Å². The number of benzene rings is 1. The van der Waals surface area contributed by atoms with E-state index >= 15 is 4.39 Å². The minimum atomic E-state index is -0.729. The Morgan fingerprint density at radius 1 is 1.20 bits per heavy atom. The number of nitrogens with one attached hydrogen (secondary N) is 2. The summed E-state index contributed by atoms with van der Waals surface area (Å²) in [5.41, 5.74) is 0.0611. The second-order valence-electron chi connectivity index (χ2n) is 8.83. The maximum Gasteiger partial charge on any atom is 0.315 e. The van der Waals surface area contributed by atoms with Gasteiger partial charge in [-0.25, -0.2) is 14.4 Å². The van der Waals surface area contributed by atoms with Gasteiger partial charge in [0, 0.05) is 24.7 Å². The largest absolute Gasteiger partial charge is 0.341 e. The van der Waals surface area contributed by atoms with Gasteiger partial charge in [0.15, 0.2) is 23.3 Å². The maximum absolute atomic E-state index is 15.2. The van der Waals surface area contributed by atoms with E-state index in [1.54, 1.807) is 37.0 Å². The molecule has 0 fully saturated rings. The van der Waals surface area contributed by atoms with Gasteiger partial charge in [-0.05, 0) is 18.6 Å². The third-order valence-electron chi connectivity index (χ3n) is 4.98. The summed E-state index contributed by atoms with van der Waals surface area (Å²) >= 11 is 6.33. The highest BCUT2D eigenvalue weighted by atomic mass is 35.5. The van der Waals surface area contributed by atoms with Crippen LogP contribution in [0.3, 0.4) is 0 Å². The summed E-state index contributed by atoms with van der Waals surface area (Å²) in [7, 11) is 1.78. The minimum Gasteiger partial charge on any atom is -0.341 e. The molecular formula is C22H23ClFN9O2. The van der Waals surface area contributed by atoms with Crippen LogP contribution in [0.5, 0.6) is 0 Å². The molecule has 3 aromatic heterocycles. The predicted molar refractivity (Wildman–Crippen MR) is 126 cm³/mol. The molecule has 11 nitrogen and oxygen atoms in total. The number of hydrogen-bond donors (Lipinski definition) is 2. The first-order valence-corrected chi connectivity index (χ1v) is 11.0. The number of amides is 1. The first kappa shape index (κ1) is 24.2. The number of rotatable bonds is 6. The fourth-order valence-electron chi connectivity index (χ4n) is 3.11. The number of nitrogens with zero attached hydrogens (tertiary/aromatic N) is 7. The summed E-state index contributed by atoms with van der Waals surface area (Å²) in [4.78, 5) is 29.0. The van der Waals surface area contributed by atoms with E-state index in [2.05, 4.69) is 40.8 Å². The SMILES string of the molecule is C[C@H](NC(=O)c1nc(C(C)(C)C)no1)c1ccc(-c2ncnc(Nc3ccn(C)n3)n2)c(F)c1Cl. The van der Waals surface area contributed by atoms with Crippen LogP contribution < -0.4 is 10.6 Å². The number of carbonyl (C=O) groups excluding carboxylic acids is 1. The first-order valence-electron chi connectivity index (χ1n) is 10.6. The average Bonchev–Trinajstić information content (AvgIpc) is 3.45. The van der Waals surface area contributed by atoms with Gasteiger partial charge in [-0.2, -0.15) is 15.1 Å². The van der Waals surface area contributed by atoms with Gasteiger partial charge < -0.3 is 15.2 Å². The van der Waals surface area contributed by atoms with Crippen LogP contribution in [0.2, 0.25) is 5.02 Å². The lowest BCUT2D eigenvalue weighted by Gasteiger charge is -2.16. The van der Waals surface area contributed by atoms with Crippen LogP contribution in [-0.2, 0) is 12.5 Å². The topological polar surface area (TPSA) is 137 Å². The molecule has 0 bridgehead atoms. The van der Waals surface area contributed by atoms with Gasteiger partial charge in [-0.15, -0.1) is 0 Å². The van der Waals surface area contributed by atoms with Gasteiger partial charge in [-0.3, -0.25) is 9.48 Å². The van der Waals surface area contributed by atoms with Crippen LogP contribution in [0.25, 0.3) is 11.4 Å². The van der Waals surface area contributed by atoms with Crippen molar-refractivity contribution in [3.63, 3.8) is 0 Å². The smallest absolute Gasteiger partial charge is 0.315 e. The molecule has 4 aromatic rings. The standard InChI is InChI=1S/C22H23ClFN9O2/c1-11(27-18(34)19-30-20(32-35-19)22(2,3)4)12-6-7-13(16(24)15(12)23)17-25-10-26-21(29-17)28-14-8-9-33(5)31-14/h6-11H,1-5H3,(H,27,34)(H,25,26,28,29,31)/t11-/m0/s1. The molecule has 0 saturated carbocycles. The molecule has 0 spiro atoms. The molecule has 0 aliphatic carbocycles. The molecule has 182 valence electrons.